The topological polar surface area (TPSA) is 0 Å². The third-order valence-corrected chi connectivity index (χ3v) is 1.63. The zero-order valence-electron chi connectivity index (χ0n) is 8.13. The van der Waals surface area contributed by atoms with Gasteiger partial charge in [-0.25, -0.2) is 0 Å². The third kappa shape index (κ3) is 9.22. The maximum Gasteiger partial charge on any atom is -0.0169 e. The molecule has 0 fully saturated rings. The summed E-state index contributed by atoms with van der Waals surface area (Å²) in [7, 11) is 0. The summed E-state index contributed by atoms with van der Waals surface area (Å²) in [6.07, 6.45) is 16.6. The Hall–Kier alpha value is -0.780. The summed E-state index contributed by atoms with van der Waals surface area (Å²) < 4.78 is 0. The average molecular weight is 164 g/mol. The van der Waals surface area contributed by atoms with Crippen LogP contribution in [0, 0.1) is 0 Å². The zero-order chi connectivity index (χ0) is 9.07. The minimum absolute atomic E-state index is 0.989. The van der Waals surface area contributed by atoms with Crippen molar-refractivity contribution < 1.29 is 0 Å². The Morgan fingerprint density at radius 3 is 2.33 bits per heavy atom. The smallest absolute Gasteiger partial charge is 0.0169 e. The van der Waals surface area contributed by atoms with E-state index in [-0.39, 0.29) is 0 Å². The Bertz CT molecular complexity index is 140. The lowest BCUT2D eigenvalue weighted by molar-refractivity contribution is 0.813. The van der Waals surface area contributed by atoms with Crippen LogP contribution in [0.15, 0.2) is 37.0 Å². The van der Waals surface area contributed by atoms with Gasteiger partial charge in [0.1, 0.15) is 0 Å². The maximum atomic E-state index is 3.65. The molecule has 0 aliphatic heterocycles. The normalized spacial score (nSPS) is 11.4. The number of hydrogen-bond acceptors (Lipinski definition) is 0. The third-order valence-electron chi connectivity index (χ3n) is 1.63. The molecule has 0 spiro atoms. The minimum Gasteiger partial charge on any atom is -0.103 e. The second kappa shape index (κ2) is 10.2. The Labute approximate surface area is 76.7 Å². The highest BCUT2D eigenvalue weighted by molar-refractivity contribution is 4.95. The van der Waals surface area contributed by atoms with E-state index in [2.05, 4.69) is 37.8 Å². The van der Waals surface area contributed by atoms with Crippen molar-refractivity contribution in [2.75, 3.05) is 0 Å². The van der Waals surface area contributed by atoms with Crippen LogP contribution in [0.25, 0.3) is 0 Å². The van der Waals surface area contributed by atoms with E-state index in [4.69, 9.17) is 0 Å². The lowest BCUT2D eigenvalue weighted by Crippen LogP contribution is -1.66. The molecule has 0 N–H and O–H groups in total. The average Bonchev–Trinajstić information content (AvgIpc) is 2.10. The predicted octanol–water partition coefficient (Wildman–Crippen LogP) is 4.26. The molecule has 68 valence electrons. The molecule has 0 heterocycles. The lowest BCUT2D eigenvalue weighted by atomic mass is 10.2. The largest absolute Gasteiger partial charge is 0.103 e. The summed E-state index contributed by atoms with van der Waals surface area (Å²) >= 11 is 0. The highest BCUT2D eigenvalue weighted by Crippen LogP contribution is 1.96. The monoisotopic (exact) mass is 164 g/mol. The molecule has 0 bridgehead atoms. The zero-order valence-corrected chi connectivity index (χ0v) is 8.13. The Kier molecular flexibility index (Phi) is 9.56. The van der Waals surface area contributed by atoms with Crippen molar-refractivity contribution in [1.29, 1.82) is 0 Å². The van der Waals surface area contributed by atoms with E-state index in [1.165, 1.54) is 19.3 Å². The number of hydrogen-bond donors (Lipinski definition) is 0. The van der Waals surface area contributed by atoms with E-state index in [9.17, 15) is 0 Å². The lowest BCUT2D eigenvalue weighted by Gasteiger charge is -1.87. The first-order valence-corrected chi connectivity index (χ1v) is 4.82. The van der Waals surface area contributed by atoms with Gasteiger partial charge in [-0.05, 0) is 19.3 Å². The van der Waals surface area contributed by atoms with Crippen LogP contribution < -0.4 is 0 Å². The van der Waals surface area contributed by atoms with Gasteiger partial charge in [-0.2, -0.15) is 0 Å². The molecule has 0 rings (SSSR count). The summed E-state index contributed by atoms with van der Waals surface area (Å²) in [5.41, 5.74) is 0. The van der Waals surface area contributed by atoms with Gasteiger partial charge in [0.05, 0.1) is 0 Å². The summed E-state index contributed by atoms with van der Waals surface area (Å²) in [5, 5.41) is 0. The molecule has 0 nitrogen and oxygen atoms in total. The summed E-state index contributed by atoms with van der Waals surface area (Å²) in [6, 6.07) is 0. The number of rotatable bonds is 7. The highest BCUT2D eigenvalue weighted by atomic mass is 13.8. The first kappa shape index (κ1) is 11.2. The van der Waals surface area contributed by atoms with E-state index in [1.54, 1.807) is 0 Å². The van der Waals surface area contributed by atoms with E-state index in [0.29, 0.717) is 0 Å². The Morgan fingerprint density at radius 1 is 1.00 bits per heavy atom. The first-order chi connectivity index (χ1) is 5.91. The van der Waals surface area contributed by atoms with Crippen molar-refractivity contribution >= 4 is 0 Å². The molecular weight excluding hydrogens is 144 g/mol. The molecule has 0 aliphatic rings. The number of unbranched alkanes of at least 4 members (excludes halogenated alkanes) is 2. The SMILES string of the molecule is C=CC/C=C/C/C=C/CCCC. The predicted molar refractivity (Wildman–Crippen MR) is 57.2 cm³/mol. The number of allylic oxidation sites excluding steroid dienone is 5. The van der Waals surface area contributed by atoms with Crippen molar-refractivity contribution in [1.82, 2.24) is 0 Å². The van der Waals surface area contributed by atoms with E-state index < -0.39 is 0 Å². The van der Waals surface area contributed by atoms with Crippen LogP contribution in [0.1, 0.15) is 39.0 Å². The maximum absolute atomic E-state index is 3.65. The molecule has 12 heavy (non-hydrogen) atoms. The molecule has 0 amide bonds. The van der Waals surface area contributed by atoms with Gasteiger partial charge < -0.3 is 0 Å². The second-order valence-corrected chi connectivity index (χ2v) is 2.85. The van der Waals surface area contributed by atoms with Gasteiger partial charge >= 0.3 is 0 Å². The fraction of sp³-hybridized carbons (Fsp3) is 0.500. The van der Waals surface area contributed by atoms with Crippen LogP contribution >= 0.6 is 0 Å². The molecule has 0 aromatic rings. The molecule has 0 radical (unpaired) electrons. The molecule has 0 saturated carbocycles. The van der Waals surface area contributed by atoms with Gasteiger partial charge in [-0.3, -0.25) is 0 Å². The van der Waals surface area contributed by atoms with Crippen LogP contribution in [0.5, 0.6) is 0 Å². The Balaban J connectivity index is 3.17. The fourth-order valence-corrected chi connectivity index (χ4v) is 0.903. The molecule has 0 aromatic carbocycles. The van der Waals surface area contributed by atoms with Crippen molar-refractivity contribution in [3.05, 3.63) is 37.0 Å². The molecule has 0 aliphatic carbocycles. The van der Waals surface area contributed by atoms with Gasteiger partial charge in [0.15, 0.2) is 0 Å². The molecule has 0 atom stereocenters. The van der Waals surface area contributed by atoms with E-state index >= 15 is 0 Å². The van der Waals surface area contributed by atoms with Crippen LogP contribution in [-0.4, -0.2) is 0 Å². The summed E-state index contributed by atoms with van der Waals surface area (Å²) in [6.45, 7) is 5.87. The van der Waals surface area contributed by atoms with Crippen molar-refractivity contribution in [3.63, 3.8) is 0 Å². The van der Waals surface area contributed by atoms with Crippen molar-refractivity contribution in [2.24, 2.45) is 0 Å². The first-order valence-electron chi connectivity index (χ1n) is 4.82. The van der Waals surface area contributed by atoms with E-state index in [1.807, 2.05) is 6.08 Å². The second-order valence-electron chi connectivity index (χ2n) is 2.85. The van der Waals surface area contributed by atoms with Crippen LogP contribution in [-0.2, 0) is 0 Å². The summed E-state index contributed by atoms with van der Waals surface area (Å²) in [5.74, 6) is 0. The van der Waals surface area contributed by atoms with Gasteiger partial charge in [-0.1, -0.05) is 50.1 Å². The van der Waals surface area contributed by atoms with Crippen molar-refractivity contribution in [3.8, 4) is 0 Å². The highest BCUT2D eigenvalue weighted by Gasteiger charge is 1.76. The minimum atomic E-state index is 0.989. The summed E-state index contributed by atoms with van der Waals surface area (Å²) in [4.78, 5) is 0. The Morgan fingerprint density at radius 2 is 1.67 bits per heavy atom. The van der Waals surface area contributed by atoms with Crippen LogP contribution in [0.2, 0.25) is 0 Å². The van der Waals surface area contributed by atoms with Gasteiger partial charge in [-0.15, -0.1) is 6.58 Å². The van der Waals surface area contributed by atoms with Gasteiger partial charge in [0.25, 0.3) is 0 Å². The molecule has 0 aromatic heterocycles. The van der Waals surface area contributed by atoms with Crippen molar-refractivity contribution in [2.45, 2.75) is 39.0 Å². The molecule has 0 unspecified atom stereocenters. The molecular formula is C12H20. The molecule has 0 saturated heterocycles. The standard InChI is InChI=1S/C12H20/c1-3-5-7-9-11-12-10-8-6-4-2/h3,7,9-10,12H,1,4-6,8,11H2,2H3/b9-7+,12-10+. The fourth-order valence-electron chi connectivity index (χ4n) is 0.903. The van der Waals surface area contributed by atoms with Crippen LogP contribution in [0.3, 0.4) is 0 Å². The molecule has 0 heteroatoms. The van der Waals surface area contributed by atoms with Gasteiger partial charge in [0.2, 0.25) is 0 Å². The van der Waals surface area contributed by atoms with Gasteiger partial charge in [0, 0.05) is 0 Å². The quantitative estimate of drug-likeness (QED) is 0.389. The van der Waals surface area contributed by atoms with E-state index in [0.717, 1.165) is 12.8 Å². The van der Waals surface area contributed by atoms with Crippen LogP contribution in [0.4, 0.5) is 0 Å².